The first-order chi connectivity index (χ1) is 15.0. The molecule has 0 aromatic heterocycles. The van der Waals surface area contributed by atoms with Gasteiger partial charge in [0.05, 0.1) is 6.61 Å². The molecule has 174 valence electrons. The zero-order valence-corrected chi connectivity index (χ0v) is 21.5. The molecule has 1 amide bonds. The molecule has 32 heavy (non-hydrogen) atoms. The standard InChI is InChI=1S/C24H32N4O3.HI/c1-5-30-21-13-19-11-16(2)31-22(19)14-20(21)15-28-24(26-4)27-10-9-17-7-6-8-18(12-17)23(29)25-3;/h6-8,12-14,16H,5,9-11,15H2,1-4H3,(H,25,29)(H2,26,27,28);1H. The minimum atomic E-state index is -0.0786. The Hall–Kier alpha value is -2.49. The summed E-state index contributed by atoms with van der Waals surface area (Å²) in [5.41, 5.74) is 3.99. The number of hydrogen-bond acceptors (Lipinski definition) is 4. The van der Waals surface area contributed by atoms with Crippen LogP contribution in [-0.4, -0.2) is 45.2 Å². The lowest BCUT2D eigenvalue weighted by Gasteiger charge is -2.16. The number of rotatable bonds is 8. The van der Waals surface area contributed by atoms with Gasteiger partial charge in [-0.1, -0.05) is 12.1 Å². The number of halogens is 1. The van der Waals surface area contributed by atoms with Gasteiger partial charge in [-0.25, -0.2) is 0 Å². The van der Waals surface area contributed by atoms with E-state index in [-0.39, 0.29) is 36.0 Å². The minimum Gasteiger partial charge on any atom is -0.494 e. The second-order valence-corrected chi connectivity index (χ2v) is 7.52. The number of ether oxygens (including phenoxy) is 2. The number of hydrogen-bond donors (Lipinski definition) is 3. The number of carbonyl (C=O) groups excluding carboxylic acids is 1. The lowest BCUT2D eigenvalue weighted by Crippen LogP contribution is -2.38. The number of nitrogens with zero attached hydrogens (tertiary/aromatic N) is 1. The summed E-state index contributed by atoms with van der Waals surface area (Å²) >= 11 is 0. The van der Waals surface area contributed by atoms with Gasteiger partial charge < -0.3 is 25.4 Å². The highest BCUT2D eigenvalue weighted by molar-refractivity contribution is 14.0. The number of carbonyl (C=O) groups is 1. The van der Waals surface area contributed by atoms with Crippen molar-refractivity contribution in [1.29, 1.82) is 0 Å². The monoisotopic (exact) mass is 552 g/mol. The van der Waals surface area contributed by atoms with E-state index < -0.39 is 0 Å². The van der Waals surface area contributed by atoms with Gasteiger partial charge in [-0.3, -0.25) is 9.79 Å². The normalized spacial score (nSPS) is 14.6. The van der Waals surface area contributed by atoms with Crippen LogP contribution in [-0.2, 0) is 19.4 Å². The predicted molar refractivity (Wildman–Crippen MR) is 139 cm³/mol. The van der Waals surface area contributed by atoms with Gasteiger partial charge in [0.1, 0.15) is 17.6 Å². The first-order valence-corrected chi connectivity index (χ1v) is 10.7. The van der Waals surface area contributed by atoms with Gasteiger partial charge in [0, 0.05) is 50.3 Å². The number of guanidine groups is 1. The van der Waals surface area contributed by atoms with Crippen LogP contribution in [0, 0.1) is 0 Å². The maximum Gasteiger partial charge on any atom is 0.251 e. The molecule has 1 aliphatic heterocycles. The lowest BCUT2D eigenvalue weighted by atomic mass is 10.1. The molecule has 0 saturated heterocycles. The van der Waals surface area contributed by atoms with Crippen molar-refractivity contribution in [3.05, 3.63) is 58.7 Å². The van der Waals surface area contributed by atoms with Crippen molar-refractivity contribution in [1.82, 2.24) is 16.0 Å². The molecule has 3 N–H and O–H groups in total. The third-order valence-electron chi connectivity index (χ3n) is 5.17. The largest absolute Gasteiger partial charge is 0.494 e. The van der Waals surface area contributed by atoms with Crippen LogP contribution >= 0.6 is 24.0 Å². The van der Waals surface area contributed by atoms with Gasteiger partial charge >= 0.3 is 0 Å². The fraction of sp³-hybridized carbons (Fsp3) is 0.417. The van der Waals surface area contributed by atoms with Crippen molar-refractivity contribution in [2.24, 2.45) is 4.99 Å². The lowest BCUT2D eigenvalue weighted by molar-refractivity contribution is 0.0963. The quantitative estimate of drug-likeness (QED) is 0.266. The van der Waals surface area contributed by atoms with Crippen molar-refractivity contribution < 1.29 is 14.3 Å². The summed E-state index contributed by atoms with van der Waals surface area (Å²) in [6.45, 7) is 5.95. The van der Waals surface area contributed by atoms with Crippen molar-refractivity contribution >= 4 is 35.8 Å². The topological polar surface area (TPSA) is 84.0 Å². The maximum absolute atomic E-state index is 11.8. The molecule has 2 aromatic carbocycles. The fourth-order valence-corrected chi connectivity index (χ4v) is 3.65. The molecule has 0 spiro atoms. The van der Waals surface area contributed by atoms with E-state index in [1.807, 2.05) is 31.2 Å². The van der Waals surface area contributed by atoms with Gasteiger partial charge in [-0.2, -0.15) is 0 Å². The molecule has 8 heteroatoms. The van der Waals surface area contributed by atoms with Gasteiger partial charge in [0.2, 0.25) is 0 Å². The van der Waals surface area contributed by atoms with Gasteiger partial charge in [0.25, 0.3) is 5.91 Å². The number of aliphatic imine (C=N–C) groups is 1. The molecular formula is C24H33IN4O3. The average Bonchev–Trinajstić information content (AvgIpc) is 3.14. The summed E-state index contributed by atoms with van der Waals surface area (Å²) in [4.78, 5) is 16.1. The van der Waals surface area contributed by atoms with Crippen molar-refractivity contribution in [2.45, 2.75) is 39.3 Å². The molecule has 3 rings (SSSR count). The molecule has 0 radical (unpaired) electrons. The van der Waals surface area contributed by atoms with Crippen LogP contribution in [0.1, 0.15) is 40.9 Å². The smallest absolute Gasteiger partial charge is 0.251 e. The van der Waals surface area contributed by atoms with Crippen LogP contribution in [0.3, 0.4) is 0 Å². The molecular weight excluding hydrogens is 519 g/mol. The molecule has 2 aromatic rings. The van der Waals surface area contributed by atoms with E-state index in [2.05, 4.69) is 40.0 Å². The maximum atomic E-state index is 11.8. The first kappa shape index (κ1) is 25.8. The molecule has 0 bridgehead atoms. The van der Waals surface area contributed by atoms with Crippen LogP contribution < -0.4 is 25.4 Å². The van der Waals surface area contributed by atoms with E-state index in [4.69, 9.17) is 9.47 Å². The molecule has 0 saturated carbocycles. The Balaban J connectivity index is 0.00000363. The highest BCUT2D eigenvalue weighted by Gasteiger charge is 2.21. The molecule has 7 nitrogen and oxygen atoms in total. The number of fused-ring (bicyclic) bond motifs is 1. The van der Waals surface area contributed by atoms with E-state index in [0.29, 0.717) is 31.2 Å². The molecule has 0 fully saturated rings. The van der Waals surface area contributed by atoms with E-state index in [9.17, 15) is 4.79 Å². The number of benzene rings is 2. The Labute approximate surface area is 207 Å². The van der Waals surface area contributed by atoms with Crippen LogP contribution in [0.15, 0.2) is 41.4 Å². The van der Waals surface area contributed by atoms with Crippen LogP contribution in [0.4, 0.5) is 0 Å². The fourth-order valence-electron chi connectivity index (χ4n) is 3.65. The van der Waals surface area contributed by atoms with Crippen LogP contribution in [0.5, 0.6) is 11.5 Å². The van der Waals surface area contributed by atoms with E-state index in [0.717, 1.165) is 35.5 Å². The summed E-state index contributed by atoms with van der Waals surface area (Å²) in [6.07, 6.45) is 1.89. The Kier molecular flexibility index (Phi) is 10.1. The number of amides is 1. The van der Waals surface area contributed by atoms with Gasteiger partial charge in [-0.15, -0.1) is 24.0 Å². The molecule has 1 aliphatic rings. The third-order valence-corrected chi connectivity index (χ3v) is 5.17. The highest BCUT2D eigenvalue weighted by atomic mass is 127. The predicted octanol–water partition coefficient (Wildman–Crippen LogP) is 3.29. The molecule has 0 aliphatic carbocycles. The summed E-state index contributed by atoms with van der Waals surface area (Å²) in [7, 11) is 3.38. The van der Waals surface area contributed by atoms with Crippen LogP contribution in [0.25, 0.3) is 0 Å². The Morgan fingerprint density at radius 3 is 2.78 bits per heavy atom. The Morgan fingerprint density at radius 2 is 2.06 bits per heavy atom. The van der Waals surface area contributed by atoms with Crippen molar-refractivity contribution in [3.8, 4) is 11.5 Å². The summed E-state index contributed by atoms with van der Waals surface area (Å²) < 4.78 is 11.8. The van der Waals surface area contributed by atoms with E-state index in [1.165, 1.54) is 5.56 Å². The molecule has 1 heterocycles. The Morgan fingerprint density at radius 1 is 1.25 bits per heavy atom. The SMILES string of the molecule is CCOc1cc2c(cc1CNC(=NC)NCCc1cccc(C(=O)NC)c1)OC(C)C2.I. The molecule has 1 atom stereocenters. The zero-order valence-electron chi connectivity index (χ0n) is 19.2. The highest BCUT2D eigenvalue weighted by Crippen LogP contribution is 2.35. The summed E-state index contributed by atoms with van der Waals surface area (Å²) in [5, 5.41) is 9.33. The van der Waals surface area contributed by atoms with E-state index in [1.54, 1.807) is 14.1 Å². The average molecular weight is 552 g/mol. The third kappa shape index (κ3) is 6.75. The van der Waals surface area contributed by atoms with Crippen LogP contribution in [0.2, 0.25) is 0 Å². The molecule has 1 unspecified atom stereocenters. The zero-order chi connectivity index (χ0) is 22.2. The van der Waals surface area contributed by atoms with Crippen molar-refractivity contribution in [2.75, 3.05) is 27.2 Å². The summed E-state index contributed by atoms with van der Waals surface area (Å²) in [5.74, 6) is 2.45. The second-order valence-electron chi connectivity index (χ2n) is 7.52. The Bertz CT molecular complexity index is 949. The van der Waals surface area contributed by atoms with E-state index >= 15 is 0 Å². The first-order valence-electron chi connectivity index (χ1n) is 10.7. The second kappa shape index (κ2) is 12.5. The minimum absolute atomic E-state index is 0. The van der Waals surface area contributed by atoms with Gasteiger partial charge in [-0.05, 0) is 50.1 Å². The van der Waals surface area contributed by atoms with Gasteiger partial charge in [0.15, 0.2) is 5.96 Å². The number of nitrogens with one attached hydrogen (secondary N) is 3. The van der Waals surface area contributed by atoms with Crippen molar-refractivity contribution in [3.63, 3.8) is 0 Å². The summed E-state index contributed by atoms with van der Waals surface area (Å²) in [6, 6.07) is 11.8.